The number of ether oxygens (including phenoxy) is 2. The van der Waals surface area contributed by atoms with E-state index in [0.717, 1.165) is 12.1 Å². The summed E-state index contributed by atoms with van der Waals surface area (Å²) >= 11 is 0. The number of nitro groups is 1. The minimum absolute atomic E-state index is 0.107. The molecule has 2 aromatic rings. The van der Waals surface area contributed by atoms with E-state index in [0.29, 0.717) is 12.2 Å². The zero-order valence-electron chi connectivity index (χ0n) is 15.5. The molecule has 2 amide bonds. The average Bonchev–Trinajstić information content (AvgIpc) is 2.74. The van der Waals surface area contributed by atoms with Crippen molar-refractivity contribution in [2.75, 3.05) is 6.61 Å². The molecule has 152 valence electrons. The van der Waals surface area contributed by atoms with E-state index in [1.54, 1.807) is 37.3 Å². The fraction of sp³-hybridized carbons (Fsp3) is 0.211. The Morgan fingerprint density at radius 1 is 1.03 bits per heavy atom. The Morgan fingerprint density at radius 3 is 2.28 bits per heavy atom. The number of non-ortho nitro benzene ring substituents is 1. The van der Waals surface area contributed by atoms with Crippen LogP contribution < -0.4 is 15.6 Å². The molecule has 2 rings (SSSR count). The van der Waals surface area contributed by atoms with Gasteiger partial charge in [-0.3, -0.25) is 30.6 Å². The first kappa shape index (κ1) is 21.4. The van der Waals surface area contributed by atoms with E-state index >= 15 is 0 Å². The van der Waals surface area contributed by atoms with Gasteiger partial charge in [-0.05, 0) is 30.7 Å². The summed E-state index contributed by atoms with van der Waals surface area (Å²) in [6.45, 7) is 1.12. The predicted molar refractivity (Wildman–Crippen MR) is 101 cm³/mol. The van der Waals surface area contributed by atoms with Gasteiger partial charge in [0.15, 0.2) is 12.7 Å². The SMILES string of the molecule is CC[C@@H](Oc1ccccc1)C(=O)OCC(=O)NNC(=O)c1ccc([N+](=O)[O-])cc1. The minimum Gasteiger partial charge on any atom is -0.479 e. The number of benzene rings is 2. The third-order valence-electron chi connectivity index (χ3n) is 3.66. The molecule has 0 fully saturated rings. The highest BCUT2D eigenvalue weighted by molar-refractivity contribution is 5.95. The number of hydrazine groups is 1. The van der Waals surface area contributed by atoms with Gasteiger partial charge in [-0.15, -0.1) is 0 Å². The van der Waals surface area contributed by atoms with Crippen LogP contribution in [0.15, 0.2) is 54.6 Å². The zero-order valence-corrected chi connectivity index (χ0v) is 15.5. The van der Waals surface area contributed by atoms with Gasteiger partial charge in [0.05, 0.1) is 4.92 Å². The lowest BCUT2D eigenvalue weighted by Gasteiger charge is -2.16. The van der Waals surface area contributed by atoms with Crippen molar-refractivity contribution in [3.8, 4) is 5.75 Å². The second-order valence-electron chi connectivity index (χ2n) is 5.74. The summed E-state index contributed by atoms with van der Waals surface area (Å²) < 4.78 is 10.4. The van der Waals surface area contributed by atoms with Crippen molar-refractivity contribution < 1.29 is 28.8 Å². The number of esters is 1. The van der Waals surface area contributed by atoms with Gasteiger partial charge in [0.1, 0.15) is 5.75 Å². The summed E-state index contributed by atoms with van der Waals surface area (Å²) in [6.07, 6.45) is -0.536. The van der Waals surface area contributed by atoms with Gasteiger partial charge in [-0.25, -0.2) is 4.79 Å². The van der Waals surface area contributed by atoms with E-state index in [1.807, 2.05) is 0 Å². The molecular weight excluding hydrogens is 382 g/mol. The van der Waals surface area contributed by atoms with E-state index in [4.69, 9.17) is 9.47 Å². The Bertz CT molecular complexity index is 869. The first-order valence-electron chi connectivity index (χ1n) is 8.62. The first-order chi connectivity index (χ1) is 13.9. The van der Waals surface area contributed by atoms with Crippen LogP contribution in [0.2, 0.25) is 0 Å². The molecule has 0 aliphatic carbocycles. The Labute approximate surface area is 165 Å². The molecule has 2 aromatic carbocycles. The molecule has 0 aromatic heterocycles. The van der Waals surface area contributed by atoms with Crippen LogP contribution in [0.1, 0.15) is 23.7 Å². The van der Waals surface area contributed by atoms with Crippen LogP contribution in [-0.4, -0.2) is 35.4 Å². The summed E-state index contributed by atoms with van der Waals surface area (Å²) in [4.78, 5) is 45.7. The first-order valence-corrected chi connectivity index (χ1v) is 8.62. The van der Waals surface area contributed by atoms with E-state index in [9.17, 15) is 24.5 Å². The van der Waals surface area contributed by atoms with Crippen molar-refractivity contribution >= 4 is 23.5 Å². The molecular formula is C19H19N3O7. The van der Waals surface area contributed by atoms with Crippen molar-refractivity contribution in [3.63, 3.8) is 0 Å². The fourth-order valence-electron chi connectivity index (χ4n) is 2.16. The van der Waals surface area contributed by atoms with E-state index in [-0.39, 0.29) is 11.3 Å². The summed E-state index contributed by atoms with van der Waals surface area (Å²) in [6, 6.07) is 13.5. The quantitative estimate of drug-likeness (QED) is 0.390. The van der Waals surface area contributed by atoms with Gasteiger partial charge in [0.2, 0.25) is 0 Å². The minimum atomic E-state index is -0.875. The van der Waals surface area contributed by atoms with Crippen molar-refractivity contribution in [2.45, 2.75) is 19.4 Å². The topological polar surface area (TPSA) is 137 Å². The molecule has 10 nitrogen and oxygen atoms in total. The molecule has 0 bridgehead atoms. The molecule has 0 heterocycles. The maximum absolute atomic E-state index is 12.1. The van der Waals surface area contributed by atoms with Crippen molar-refractivity contribution in [1.82, 2.24) is 10.9 Å². The largest absolute Gasteiger partial charge is 0.479 e. The smallest absolute Gasteiger partial charge is 0.347 e. The van der Waals surface area contributed by atoms with Crippen LogP contribution in [0.25, 0.3) is 0 Å². The third kappa shape index (κ3) is 6.61. The third-order valence-corrected chi connectivity index (χ3v) is 3.66. The molecule has 2 N–H and O–H groups in total. The normalized spacial score (nSPS) is 11.1. The number of nitro benzene ring substituents is 1. The predicted octanol–water partition coefficient (Wildman–Crippen LogP) is 1.76. The number of amides is 2. The zero-order chi connectivity index (χ0) is 21.2. The molecule has 1 atom stereocenters. The fourth-order valence-corrected chi connectivity index (χ4v) is 2.16. The molecule has 0 saturated heterocycles. The van der Waals surface area contributed by atoms with Gasteiger partial charge in [-0.2, -0.15) is 0 Å². The molecule has 0 saturated carbocycles. The summed E-state index contributed by atoms with van der Waals surface area (Å²) in [5, 5.41) is 10.6. The Kier molecular flexibility index (Phi) is 7.66. The van der Waals surface area contributed by atoms with Gasteiger partial charge in [0, 0.05) is 17.7 Å². The molecule has 0 unspecified atom stereocenters. The second kappa shape index (κ2) is 10.4. The number of hydrogen-bond acceptors (Lipinski definition) is 7. The molecule has 0 aliphatic heterocycles. The molecule has 0 aliphatic rings. The molecule has 0 radical (unpaired) electrons. The van der Waals surface area contributed by atoms with E-state index < -0.39 is 35.4 Å². The molecule has 0 spiro atoms. The van der Waals surface area contributed by atoms with E-state index in [1.165, 1.54) is 12.1 Å². The highest BCUT2D eigenvalue weighted by Gasteiger charge is 2.21. The maximum Gasteiger partial charge on any atom is 0.347 e. The lowest BCUT2D eigenvalue weighted by Crippen LogP contribution is -2.44. The number of hydrogen-bond donors (Lipinski definition) is 2. The highest BCUT2D eigenvalue weighted by Crippen LogP contribution is 2.13. The summed E-state index contributed by atoms with van der Waals surface area (Å²) in [7, 11) is 0. The van der Waals surface area contributed by atoms with Gasteiger partial charge < -0.3 is 9.47 Å². The highest BCUT2D eigenvalue weighted by atomic mass is 16.6. The maximum atomic E-state index is 12.1. The number of rotatable bonds is 8. The standard InChI is InChI=1S/C19H19N3O7/c1-2-16(29-15-6-4-3-5-7-15)19(25)28-12-17(23)20-21-18(24)13-8-10-14(11-9-13)22(26)27/h3-11,16H,2,12H2,1H3,(H,20,23)(H,21,24)/t16-/m1/s1. The Hall–Kier alpha value is -3.95. The van der Waals surface area contributed by atoms with Crippen molar-refractivity contribution in [3.05, 3.63) is 70.3 Å². The number of nitrogens with one attached hydrogen (secondary N) is 2. The van der Waals surface area contributed by atoms with E-state index in [2.05, 4.69) is 10.9 Å². The lowest BCUT2D eigenvalue weighted by atomic mass is 10.2. The molecule has 10 heteroatoms. The monoisotopic (exact) mass is 401 g/mol. The Balaban J connectivity index is 1.77. The van der Waals surface area contributed by atoms with Gasteiger partial charge in [0.25, 0.3) is 17.5 Å². The van der Waals surface area contributed by atoms with Gasteiger partial charge >= 0.3 is 5.97 Å². The number of para-hydroxylation sites is 1. The summed E-state index contributed by atoms with van der Waals surface area (Å²) in [5.41, 5.74) is 4.15. The average molecular weight is 401 g/mol. The van der Waals surface area contributed by atoms with Gasteiger partial charge in [-0.1, -0.05) is 25.1 Å². The second-order valence-corrected chi connectivity index (χ2v) is 5.74. The van der Waals surface area contributed by atoms with Crippen LogP contribution >= 0.6 is 0 Å². The number of carbonyl (C=O) groups excluding carboxylic acids is 3. The van der Waals surface area contributed by atoms with Crippen molar-refractivity contribution in [2.24, 2.45) is 0 Å². The number of nitrogens with zero attached hydrogens (tertiary/aromatic N) is 1. The van der Waals surface area contributed by atoms with Crippen LogP contribution in [0, 0.1) is 10.1 Å². The van der Waals surface area contributed by atoms with Crippen molar-refractivity contribution in [1.29, 1.82) is 0 Å². The van der Waals surface area contributed by atoms with Crippen LogP contribution in [0.4, 0.5) is 5.69 Å². The lowest BCUT2D eigenvalue weighted by molar-refractivity contribution is -0.384. The van der Waals surface area contributed by atoms with Crippen LogP contribution in [-0.2, 0) is 14.3 Å². The Morgan fingerprint density at radius 2 is 1.69 bits per heavy atom. The molecule has 29 heavy (non-hydrogen) atoms. The number of carbonyl (C=O) groups is 3. The van der Waals surface area contributed by atoms with Crippen LogP contribution in [0.3, 0.4) is 0 Å². The van der Waals surface area contributed by atoms with Crippen LogP contribution in [0.5, 0.6) is 5.75 Å². The summed E-state index contributed by atoms with van der Waals surface area (Å²) in [5.74, 6) is -1.66.